The Morgan fingerprint density at radius 1 is 1.21 bits per heavy atom. The van der Waals surface area contributed by atoms with Gasteiger partial charge in [0.1, 0.15) is 0 Å². The van der Waals surface area contributed by atoms with Gasteiger partial charge in [0.05, 0.1) is 5.52 Å². The maximum atomic E-state index is 4.42. The highest BCUT2D eigenvalue weighted by atomic mass is 127. The molecule has 1 N–H and O–H groups in total. The average Bonchev–Trinajstić information content (AvgIpc) is 2.43. The SMILES string of the molecule is CCN(CC)CCNc1ccnc2cc(I)ccc12. The summed E-state index contributed by atoms with van der Waals surface area (Å²) in [5, 5.41) is 4.72. The topological polar surface area (TPSA) is 28.2 Å². The maximum absolute atomic E-state index is 4.42. The minimum Gasteiger partial charge on any atom is -0.383 e. The normalized spacial score (nSPS) is 11.2. The summed E-state index contributed by atoms with van der Waals surface area (Å²) >= 11 is 2.32. The monoisotopic (exact) mass is 369 g/mol. The second-order valence-electron chi connectivity index (χ2n) is 4.47. The minimum atomic E-state index is 0.965. The molecule has 1 aromatic carbocycles. The molecule has 2 rings (SSSR count). The fraction of sp³-hybridized carbons (Fsp3) is 0.400. The van der Waals surface area contributed by atoms with Crippen molar-refractivity contribution in [3.8, 4) is 0 Å². The predicted molar refractivity (Wildman–Crippen MR) is 90.7 cm³/mol. The average molecular weight is 369 g/mol. The van der Waals surface area contributed by atoms with Crippen molar-refractivity contribution in [1.29, 1.82) is 0 Å². The number of hydrogen-bond acceptors (Lipinski definition) is 3. The van der Waals surface area contributed by atoms with Crippen molar-refractivity contribution < 1.29 is 0 Å². The van der Waals surface area contributed by atoms with E-state index >= 15 is 0 Å². The van der Waals surface area contributed by atoms with Crippen LogP contribution in [-0.2, 0) is 0 Å². The quantitative estimate of drug-likeness (QED) is 0.789. The lowest BCUT2D eigenvalue weighted by molar-refractivity contribution is 0.316. The zero-order valence-corrected chi connectivity index (χ0v) is 13.6. The molecule has 0 aliphatic carbocycles. The number of pyridine rings is 1. The molecule has 0 amide bonds. The largest absolute Gasteiger partial charge is 0.383 e. The number of aromatic nitrogens is 1. The van der Waals surface area contributed by atoms with Gasteiger partial charge in [0.2, 0.25) is 0 Å². The molecule has 3 nitrogen and oxygen atoms in total. The van der Waals surface area contributed by atoms with Crippen LogP contribution in [0.25, 0.3) is 10.9 Å². The van der Waals surface area contributed by atoms with Crippen molar-refractivity contribution in [2.24, 2.45) is 0 Å². The molecular weight excluding hydrogens is 349 g/mol. The van der Waals surface area contributed by atoms with E-state index in [-0.39, 0.29) is 0 Å². The number of nitrogens with one attached hydrogen (secondary N) is 1. The highest BCUT2D eigenvalue weighted by Crippen LogP contribution is 2.22. The third-order valence-corrected chi connectivity index (χ3v) is 4.01. The van der Waals surface area contributed by atoms with Crippen LogP contribution in [0.5, 0.6) is 0 Å². The molecule has 0 saturated carbocycles. The number of anilines is 1. The molecule has 0 bridgehead atoms. The Morgan fingerprint density at radius 2 is 2.00 bits per heavy atom. The van der Waals surface area contributed by atoms with Crippen LogP contribution in [0.2, 0.25) is 0 Å². The van der Waals surface area contributed by atoms with E-state index in [1.165, 1.54) is 14.6 Å². The first-order valence-electron chi connectivity index (χ1n) is 6.75. The van der Waals surface area contributed by atoms with E-state index in [9.17, 15) is 0 Å². The van der Waals surface area contributed by atoms with E-state index < -0.39 is 0 Å². The summed E-state index contributed by atoms with van der Waals surface area (Å²) in [6.45, 7) is 8.65. The summed E-state index contributed by atoms with van der Waals surface area (Å²) in [6.07, 6.45) is 1.87. The molecule has 0 unspecified atom stereocenters. The first-order chi connectivity index (χ1) is 9.24. The van der Waals surface area contributed by atoms with Gasteiger partial charge in [0.25, 0.3) is 0 Å². The number of fused-ring (bicyclic) bond motifs is 1. The van der Waals surface area contributed by atoms with Crippen LogP contribution in [0, 0.1) is 3.57 Å². The Balaban J connectivity index is 2.08. The van der Waals surface area contributed by atoms with Gasteiger partial charge in [-0.05, 0) is 59.9 Å². The summed E-state index contributed by atoms with van der Waals surface area (Å²) < 4.78 is 1.22. The third kappa shape index (κ3) is 3.79. The lowest BCUT2D eigenvalue weighted by Gasteiger charge is -2.18. The Hall–Kier alpha value is -0.880. The lowest BCUT2D eigenvalue weighted by atomic mass is 10.2. The molecule has 0 fully saturated rings. The number of nitrogens with zero attached hydrogens (tertiary/aromatic N) is 2. The maximum Gasteiger partial charge on any atom is 0.0733 e. The van der Waals surface area contributed by atoms with Crippen LogP contribution >= 0.6 is 22.6 Å². The Labute approximate surface area is 128 Å². The molecule has 102 valence electrons. The molecular formula is C15H20IN3. The summed E-state index contributed by atoms with van der Waals surface area (Å²) in [5.74, 6) is 0. The fourth-order valence-electron chi connectivity index (χ4n) is 2.16. The van der Waals surface area contributed by atoms with Crippen LogP contribution in [0.4, 0.5) is 5.69 Å². The van der Waals surface area contributed by atoms with E-state index in [1.54, 1.807) is 0 Å². The molecule has 0 spiro atoms. The standard InChI is InChI=1S/C15H20IN3/c1-3-19(4-2)10-9-18-14-7-8-17-15-11-12(16)5-6-13(14)15/h5-8,11H,3-4,9-10H2,1-2H3,(H,17,18). The zero-order valence-electron chi connectivity index (χ0n) is 11.5. The van der Waals surface area contributed by atoms with Gasteiger partial charge in [0.15, 0.2) is 0 Å². The van der Waals surface area contributed by atoms with Crippen LogP contribution in [0.3, 0.4) is 0 Å². The summed E-state index contributed by atoms with van der Waals surface area (Å²) in [5.41, 5.74) is 2.23. The summed E-state index contributed by atoms with van der Waals surface area (Å²) in [7, 11) is 0. The molecule has 0 radical (unpaired) electrons. The lowest BCUT2D eigenvalue weighted by Crippen LogP contribution is -2.28. The van der Waals surface area contributed by atoms with Crippen molar-refractivity contribution in [3.05, 3.63) is 34.0 Å². The van der Waals surface area contributed by atoms with Gasteiger partial charge in [-0.1, -0.05) is 13.8 Å². The molecule has 1 heterocycles. The van der Waals surface area contributed by atoms with Crippen LogP contribution in [0.15, 0.2) is 30.5 Å². The van der Waals surface area contributed by atoms with Crippen LogP contribution in [0.1, 0.15) is 13.8 Å². The molecule has 0 atom stereocenters. The fourth-order valence-corrected chi connectivity index (χ4v) is 2.64. The second kappa shape index (κ2) is 7.05. The molecule has 2 aromatic rings. The van der Waals surface area contributed by atoms with Gasteiger partial charge in [0, 0.05) is 33.9 Å². The predicted octanol–water partition coefficient (Wildman–Crippen LogP) is 3.59. The van der Waals surface area contributed by atoms with Crippen molar-refractivity contribution in [1.82, 2.24) is 9.88 Å². The minimum absolute atomic E-state index is 0.965. The molecule has 1 aromatic heterocycles. The molecule has 0 aliphatic rings. The Kier molecular flexibility index (Phi) is 5.39. The number of likely N-dealkylation sites (N-methyl/N-ethyl adjacent to an activating group) is 1. The van der Waals surface area contributed by atoms with Gasteiger partial charge in [-0.3, -0.25) is 4.98 Å². The van der Waals surface area contributed by atoms with Crippen molar-refractivity contribution in [3.63, 3.8) is 0 Å². The first kappa shape index (κ1) is 14.5. The summed E-state index contributed by atoms with van der Waals surface area (Å²) in [4.78, 5) is 6.84. The smallest absolute Gasteiger partial charge is 0.0733 e. The highest BCUT2D eigenvalue weighted by molar-refractivity contribution is 14.1. The van der Waals surface area contributed by atoms with Crippen molar-refractivity contribution >= 4 is 39.2 Å². The molecule has 0 aliphatic heterocycles. The number of rotatable bonds is 6. The van der Waals surface area contributed by atoms with Gasteiger partial charge in [-0.25, -0.2) is 0 Å². The number of hydrogen-bond donors (Lipinski definition) is 1. The number of benzene rings is 1. The Bertz CT molecular complexity index is 538. The van der Waals surface area contributed by atoms with Gasteiger partial charge < -0.3 is 10.2 Å². The highest BCUT2D eigenvalue weighted by Gasteiger charge is 2.03. The summed E-state index contributed by atoms with van der Waals surface area (Å²) in [6, 6.07) is 8.44. The van der Waals surface area contributed by atoms with Crippen molar-refractivity contribution in [2.45, 2.75) is 13.8 Å². The van der Waals surface area contributed by atoms with E-state index in [0.717, 1.165) is 31.7 Å². The second-order valence-corrected chi connectivity index (χ2v) is 5.72. The van der Waals surface area contributed by atoms with Gasteiger partial charge in [-0.2, -0.15) is 0 Å². The molecule has 19 heavy (non-hydrogen) atoms. The van der Waals surface area contributed by atoms with E-state index in [1.807, 2.05) is 6.20 Å². The van der Waals surface area contributed by atoms with E-state index in [2.05, 4.69) is 75.9 Å². The third-order valence-electron chi connectivity index (χ3n) is 3.34. The van der Waals surface area contributed by atoms with Gasteiger partial charge in [-0.15, -0.1) is 0 Å². The molecule has 4 heteroatoms. The van der Waals surface area contributed by atoms with Crippen molar-refractivity contribution in [2.75, 3.05) is 31.5 Å². The first-order valence-corrected chi connectivity index (χ1v) is 7.83. The van der Waals surface area contributed by atoms with Crippen LogP contribution < -0.4 is 5.32 Å². The van der Waals surface area contributed by atoms with E-state index in [0.29, 0.717) is 0 Å². The molecule has 0 saturated heterocycles. The Morgan fingerprint density at radius 3 is 2.74 bits per heavy atom. The van der Waals surface area contributed by atoms with E-state index in [4.69, 9.17) is 0 Å². The zero-order chi connectivity index (χ0) is 13.7. The number of halogens is 1. The van der Waals surface area contributed by atoms with Gasteiger partial charge >= 0.3 is 0 Å². The van der Waals surface area contributed by atoms with Crippen LogP contribution in [-0.4, -0.2) is 36.1 Å².